The summed E-state index contributed by atoms with van der Waals surface area (Å²) < 4.78 is 0. The van der Waals surface area contributed by atoms with E-state index in [-0.39, 0.29) is 11.8 Å². The summed E-state index contributed by atoms with van der Waals surface area (Å²) in [5, 5.41) is 12.0. The van der Waals surface area contributed by atoms with Gasteiger partial charge in [0.2, 0.25) is 0 Å². The quantitative estimate of drug-likeness (QED) is 0.597. The largest absolute Gasteiger partial charge is 0.481 e. The molecule has 0 saturated carbocycles. The van der Waals surface area contributed by atoms with Crippen LogP contribution >= 0.6 is 0 Å². The van der Waals surface area contributed by atoms with Gasteiger partial charge >= 0.3 is 5.97 Å². The third kappa shape index (κ3) is 5.64. The molecular weight excluding hydrogens is 166 g/mol. The fraction of sp³-hybridized carbons (Fsp3) is 0.900. The zero-order valence-electron chi connectivity index (χ0n) is 8.84. The summed E-state index contributed by atoms with van der Waals surface area (Å²) in [5.41, 5.74) is 0. The Morgan fingerprint density at radius 1 is 1.46 bits per heavy atom. The molecule has 3 nitrogen and oxygen atoms in total. The number of nitrogens with one attached hydrogen (secondary N) is 1. The topological polar surface area (TPSA) is 49.3 Å². The van der Waals surface area contributed by atoms with Crippen molar-refractivity contribution < 1.29 is 9.90 Å². The van der Waals surface area contributed by atoms with E-state index in [1.807, 2.05) is 13.8 Å². The van der Waals surface area contributed by atoms with E-state index in [1.165, 1.54) is 0 Å². The Bertz CT molecular complexity index is 146. The number of carbonyl (C=O) groups is 1. The zero-order valence-corrected chi connectivity index (χ0v) is 8.84. The first kappa shape index (κ1) is 12.4. The van der Waals surface area contributed by atoms with Crippen LogP contribution in [0.5, 0.6) is 0 Å². The van der Waals surface area contributed by atoms with Crippen LogP contribution in [-0.2, 0) is 4.79 Å². The number of hydrogen-bond acceptors (Lipinski definition) is 2. The van der Waals surface area contributed by atoms with E-state index in [9.17, 15) is 4.79 Å². The van der Waals surface area contributed by atoms with E-state index in [0.717, 1.165) is 19.4 Å². The molecule has 0 heterocycles. The molecule has 0 fully saturated rings. The first-order valence-electron chi connectivity index (χ1n) is 5.03. The Morgan fingerprint density at radius 3 is 2.46 bits per heavy atom. The van der Waals surface area contributed by atoms with Crippen molar-refractivity contribution in [2.45, 2.75) is 33.6 Å². The fourth-order valence-electron chi connectivity index (χ4n) is 1.17. The average molecular weight is 187 g/mol. The lowest BCUT2D eigenvalue weighted by Gasteiger charge is -2.16. The molecule has 0 aliphatic heterocycles. The molecule has 1 unspecified atom stereocenters. The predicted octanol–water partition coefficient (Wildman–Crippen LogP) is 1.73. The minimum Gasteiger partial charge on any atom is -0.481 e. The van der Waals surface area contributed by atoms with Crippen LogP contribution in [0.4, 0.5) is 0 Å². The highest BCUT2D eigenvalue weighted by Gasteiger charge is 2.20. The number of unbranched alkanes of at least 4 members (excludes halogenated alkanes) is 1. The average Bonchev–Trinajstić information content (AvgIpc) is 2.02. The second kappa shape index (κ2) is 6.89. The molecule has 0 aliphatic carbocycles. The van der Waals surface area contributed by atoms with E-state index in [1.54, 1.807) is 0 Å². The third-order valence-corrected chi connectivity index (χ3v) is 2.19. The predicted molar refractivity (Wildman–Crippen MR) is 53.7 cm³/mol. The summed E-state index contributed by atoms with van der Waals surface area (Å²) in [6, 6.07) is 0. The van der Waals surface area contributed by atoms with Gasteiger partial charge in [-0.15, -0.1) is 0 Å². The highest BCUT2D eigenvalue weighted by atomic mass is 16.4. The van der Waals surface area contributed by atoms with Crippen molar-refractivity contribution in [2.24, 2.45) is 11.8 Å². The molecule has 0 saturated heterocycles. The van der Waals surface area contributed by atoms with Gasteiger partial charge in [0.15, 0.2) is 0 Å². The molecule has 0 spiro atoms. The summed E-state index contributed by atoms with van der Waals surface area (Å²) in [7, 11) is 0. The molecule has 78 valence electrons. The monoisotopic (exact) mass is 187 g/mol. The van der Waals surface area contributed by atoms with E-state index in [2.05, 4.69) is 12.2 Å². The van der Waals surface area contributed by atoms with Crippen molar-refractivity contribution in [3.8, 4) is 0 Å². The molecule has 3 heteroatoms. The minimum absolute atomic E-state index is 0.201. The fourth-order valence-corrected chi connectivity index (χ4v) is 1.17. The Labute approximate surface area is 80.5 Å². The molecular formula is C10H21NO2. The van der Waals surface area contributed by atoms with Crippen molar-refractivity contribution in [2.75, 3.05) is 13.1 Å². The molecule has 0 aromatic carbocycles. The highest BCUT2D eigenvalue weighted by Crippen LogP contribution is 2.09. The lowest BCUT2D eigenvalue weighted by molar-refractivity contribution is -0.143. The van der Waals surface area contributed by atoms with Gasteiger partial charge in [-0.05, 0) is 18.9 Å². The Morgan fingerprint density at radius 2 is 2.08 bits per heavy atom. The molecule has 0 radical (unpaired) electrons. The number of hydrogen-bond donors (Lipinski definition) is 2. The van der Waals surface area contributed by atoms with Gasteiger partial charge in [-0.2, -0.15) is 0 Å². The van der Waals surface area contributed by atoms with Gasteiger partial charge in [-0.1, -0.05) is 27.2 Å². The second-order valence-corrected chi connectivity index (χ2v) is 3.75. The maximum atomic E-state index is 10.8. The minimum atomic E-state index is -0.695. The number of carboxylic acid groups (broad SMARTS) is 1. The van der Waals surface area contributed by atoms with Gasteiger partial charge in [0.05, 0.1) is 5.92 Å². The molecule has 0 aromatic rings. The second-order valence-electron chi connectivity index (χ2n) is 3.75. The van der Waals surface area contributed by atoms with Gasteiger partial charge in [0.1, 0.15) is 0 Å². The third-order valence-electron chi connectivity index (χ3n) is 2.19. The summed E-state index contributed by atoms with van der Waals surface area (Å²) in [5.74, 6) is -0.748. The van der Waals surface area contributed by atoms with E-state index < -0.39 is 5.97 Å². The van der Waals surface area contributed by atoms with Gasteiger partial charge in [-0.25, -0.2) is 0 Å². The Balaban J connectivity index is 3.64. The van der Waals surface area contributed by atoms with Crippen molar-refractivity contribution in [1.82, 2.24) is 5.32 Å². The Kier molecular flexibility index (Phi) is 6.59. The lowest BCUT2D eigenvalue weighted by atomic mass is 9.96. The highest BCUT2D eigenvalue weighted by molar-refractivity contribution is 5.70. The summed E-state index contributed by atoms with van der Waals surface area (Å²) in [6.07, 6.45) is 2.26. The molecule has 13 heavy (non-hydrogen) atoms. The van der Waals surface area contributed by atoms with E-state index >= 15 is 0 Å². The molecule has 1 atom stereocenters. The van der Waals surface area contributed by atoms with Crippen molar-refractivity contribution in [3.63, 3.8) is 0 Å². The zero-order chi connectivity index (χ0) is 10.3. The van der Waals surface area contributed by atoms with Crippen molar-refractivity contribution in [1.29, 1.82) is 0 Å². The van der Waals surface area contributed by atoms with Crippen LogP contribution in [0, 0.1) is 11.8 Å². The first-order valence-corrected chi connectivity index (χ1v) is 5.03. The summed E-state index contributed by atoms with van der Waals surface area (Å²) >= 11 is 0. The van der Waals surface area contributed by atoms with Gasteiger partial charge in [0.25, 0.3) is 0 Å². The van der Waals surface area contributed by atoms with Crippen LogP contribution in [0.2, 0.25) is 0 Å². The van der Waals surface area contributed by atoms with Gasteiger partial charge in [0, 0.05) is 6.54 Å². The molecule has 0 amide bonds. The normalized spacial score (nSPS) is 13.2. The number of rotatable bonds is 7. The summed E-state index contributed by atoms with van der Waals surface area (Å²) in [4.78, 5) is 10.8. The van der Waals surface area contributed by atoms with Crippen LogP contribution in [0.15, 0.2) is 0 Å². The molecule has 0 aliphatic rings. The standard InChI is InChI=1S/C10H21NO2/c1-4-5-6-11-7-9(8(2)3)10(12)13/h8-9,11H,4-7H2,1-3H3,(H,12,13). The van der Waals surface area contributed by atoms with Gasteiger partial charge in [-0.3, -0.25) is 4.79 Å². The van der Waals surface area contributed by atoms with Crippen LogP contribution in [0.1, 0.15) is 33.6 Å². The number of aliphatic carboxylic acids is 1. The molecule has 0 rings (SSSR count). The summed E-state index contributed by atoms with van der Waals surface area (Å²) in [6.45, 7) is 7.53. The van der Waals surface area contributed by atoms with Crippen molar-refractivity contribution in [3.05, 3.63) is 0 Å². The Hall–Kier alpha value is -0.570. The molecule has 0 bridgehead atoms. The number of carboxylic acids is 1. The van der Waals surface area contributed by atoms with E-state index in [4.69, 9.17) is 5.11 Å². The van der Waals surface area contributed by atoms with Crippen LogP contribution in [-0.4, -0.2) is 24.2 Å². The van der Waals surface area contributed by atoms with Crippen LogP contribution < -0.4 is 5.32 Å². The van der Waals surface area contributed by atoms with Crippen LogP contribution in [0.3, 0.4) is 0 Å². The maximum Gasteiger partial charge on any atom is 0.308 e. The van der Waals surface area contributed by atoms with Gasteiger partial charge < -0.3 is 10.4 Å². The molecule has 0 aromatic heterocycles. The maximum absolute atomic E-state index is 10.8. The van der Waals surface area contributed by atoms with Crippen molar-refractivity contribution >= 4 is 5.97 Å². The first-order chi connectivity index (χ1) is 6.09. The van der Waals surface area contributed by atoms with E-state index in [0.29, 0.717) is 6.54 Å². The van der Waals surface area contributed by atoms with Crippen LogP contribution in [0.25, 0.3) is 0 Å². The smallest absolute Gasteiger partial charge is 0.308 e. The lowest BCUT2D eigenvalue weighted by Crippen LogP contribution is -2.32. The molecule has 2 N–H and O–H groups in total. The SMILES string of the molecule is CCCCNCC(C(=O)O)C(C)C.